The third-order valence-corrected chi connectivity index (χ3v) is 3.30. The molecule has 0 saturated carbocycles. The highest BCUT2D eigenvalue weighted by Crippen LogP contribution is 2.27. The topological polar surface area (TPSA) is 48.1 Å². The molecule has 5 heteroatoms. The highest BCUT2D eigenvalue weighted by atomic mass is 79.9. The van der Waals surface area contributed by atoms with Gasteiger partial charge in [0.1, 0.15) is 11.5 Å². The van der Waals surface area contributed by atoms with E-state index >= 15 is 0 Å². The summed E-state index contributed by atoms with van der Waals surface area (Å²) in [5.41, 5.74) is 6.69. The molecule has 18 heavy (non-hydrogen) atoms. The fourth-order valence-electron chi connectivity index (χ4n) is 1.53. The fourth-order valence-corrected chi connectivity index (χ4v) is 2.25. The summed E-state index contributed by atoms with van der Waals surface area (Å²) in [6.45, 7) is 0.622. The highest BCUT2D eigenvalue weighted by Gasteiger charge is 2.03. The quantitative estimate of drug-likeness (QED) is 0.929. The van der Waals surface area contributed by atoms with Crippen molar-refractivity contribution < 1.29 is 4.74 Å². The van der Waals surface area contributed by atoms with Gasteiger partial charge >= 0.3 is 0 Å². The number of nitrogens with two attached hydrogens (primary N) is 1. The predicted octanol–water partition coefficient (Wildman–Crippen LogP) is 3.79. The van der Waals surface area contributed by atoms with E-state index in [2.05, 4.69) is 20.9 Å². The van der Waals surface area contributed by atoms with Gasteiger partial charge in [0.15, 0.2) is 0 Å². The number of aromatic nitrogens is 1. The second-order valence-corrected chi connectivity index (χ2v) is 5.02. The van der Waals surface area contributed by atoms with Crippen molar-refractivity contribution in [3.05, 3.63) is 51.7 Å². The first-order valence-electron chi connectivity index (χ1n) is 5.46. The summed E-state index contributed by atoms with van der Waals surface area (Å²) in [5, 5.41) is 0.548. The van der Waals surface area contributed by atoms with Crippen molar-refractivity contribution in [2.24, 2.45) is 5.73 Å². The summed E-state index contributed by atoms with van der Waals surface area (Å²) in [6, 6.07) is 7.52. The molecule has 0 saturated heterocycles. The minimum Gasteiger partial charge on any atom is -0.456 e. The normalized spacial score (nSPS) is 10.4. The minimum atomic E-state index is 0.548. The average Bonchev–Trinajstić information content (AvgIpc) is 2.33. The van der Waals surface area contributed by atoms with Crippen LogP contribution in [0.1, 0.15) is 5.56 Å². The lowest BCUT2D eigenvalue weighted by molar-refractivity contribution is 0.479. The molecule has 0 unspecified atom stereocenters. The molecule has 0 spiro atoms. The zero-order valence-corrected chi connectivity index (χ0v) is 11.9. The molecule has 2 rings (SSSR count). The molecule has 0 aliphatic rings. The van der Waals surface area contributed by atoms with E-state index in [0.29, 0.717) is 17.3 Å². The Morgan fingerprint density at radius 1 is 1.22 bits per heavy atom. The van der Waals surface area contributed by atoms with Crippen molar-refractivity contribution in [2.75, 3.05) is 6.54 Å². The van der Waals surface area contributed by atoms with Crippen LogP contribution in [0.3, 0.4) is 0 Å². The maximum absolute atomic E-state index is 5.84. The lowest BCUT2D eigenvalue weighted by Gasteiger charge is -2.08. The molecule has 1 aromatic heterocycles. The molecule has 1 aromatic carbocycles. The van der Waals surface area contributed by atoms with Crippen molar-refractivity contribution in [3.8, 4) is 11.5 Å². The minimum absolute atomic E-state index is 0.548. The summed E-state index contributed by atoms with van der Waals surface area (Å²) in [4.78, 5) is 3.96. The number of nitrogens with zero attached hydrogens (tertiary/aromatic N) is 1. The summed E-state index contributed by atoms with van der Waals surface area (Å²) < 4.78 is 6.65. The zero-order chi connectivity index (χ0) is 13.0. The van der Waals surface area contributed by atoms with Gasteiger partial charge in [-0.3, -0.25) is 4.98 Å². The number of halogens is 2. The van der Waals surface area contributed by atoms with Crippen LogP contribution in [0, 0.1) is 0 Å². The van der Waals surface area contributed by atoms with E-state index in [1.807, 2.05) is 18.2 Å². The predicted molar refractivity (Wildman–Crippen MR) is 76.2 cm³/mol. The number of benzene rings is 1. The lowest BCUT2D eigenvalue weighted by atomic mass is 10.1. The monoisotopic (exact) mass is 326 g/mol. The maximum atomic E-state index is 5.84. The second kappa shape index (κ2) is 6.18. The third kappa shape index (κ3) is 3.45. The van der Waals surface area contributed by atoms with Crippen molar-refractivity contribution in [2.45, 2.75) is 6.42 Å². The van der Waals surface area contributed by atoms with Crippen LogP contribution < -0.4 is 10.5 Å². The lowest BCUT2D eigenvalue weighted by Crippen LogP contribution is -2.03. The van der Waals surface area contributed by atoms with Crippen LogP contribution in [0.15, 0.2) is 41.1 Å². The molecular formula is C13H12BrClN2O. The smallest absolute Gasteiger partial charge is 0.147 e. The Hall–Kier alpha value is -1.10. The van der Waals surface area contributed by atoms with E-state index in [1.165, 1.54) is 0 Å². The van der Waals surface area contributed by atoms with E-state index in [9.17, 15) is 0 Å². The Balaban J connectivity index is 2.17. The number of hydrogen-bond acceptors (Lipinski definition) is 3. The Morgan fingerprint density at radius 2 is 2.06 bits per heavy atom. The van der Waals surface area contributed by atoms with Gasteiger partial charge in [-0.2, -0.15) is 0 Å². The van der Waals surface area contributed by atoms with Crippen molar-refractivity contribution in [1.29, 1.82) is 0 Å². The summed E-state index contributed by atoms with van der Waals surface area (Å²) in [7, 11) is 0. The van der Waals surface area contributed by atoms with Crippen LogP contribution in [-0.2, 0) is 6.42 Å². The SMILES string of the molecule is NCCc1ccc(Oc2cncc(Cl)c2)cc1Br. The fraction of sp³-hybridized carbons (Fsp3) is 0.154. The maximum Gasteiger partial charge on any atom is 0.147 e. The molecule has 2 N–H and O–H groups in total. The third-order valence-electron chi connectivity index (χ3n) is 2.35. The summed E-state index contributed by atoms with van der Waals surface area (Å²) in [5.74, 6) is 1.34. The summed E-state index contributed by atoms with van der Waals surface area (Å²) >= 11 is 9.34. The van der Waals surface area contributed by atoms with E-state index in [-0.39, 0.29) is 0 Å². The molecule has 3 nitrogen and oxygen atoms in total. The van der Waals surface area contributed by atoms with Gasteiger partial charge in [0.25, 0.3) is 0 Å². The number of ether oxygens (including phenoxy) is 1. The molecule has 94 valence electrons. The van der Waals surface area contributed by atoms with Gasteiger partial charge in [-0.15, -0.1) is 0 Å². The van der Waals surface area contributed by atoms with Crippen molar-refractivity contribution >= 4 is 27.5 Å². The van der Waals surface area contributed by atoms with Crippen LogP contribution in [0.4, 0.5) is 0 Å². The molecule has 0 bridgehead atoms. The molecule has 0 fully saturated rings. The Morgan fingerprint density at radius 3 is 2.72 bits per heavy atom. The largest absolute Gasteiger partial charge is 0.456 e. The van der Waals surface area contributed by atoms with Gasteiger partial charge in [-0.05, 0) is 30.7 Å². The van der Waals surface area contributed by atoms with E-state index in [1.54, 1.807) is 18.5 Å². The van der Waals surface area contributed by atoms with Crippen LogP contribution in [0.5, 0.6) is 11.5 Å². The van der Waals surface area contributed by atoms with E-state index in [0.717, 1.165) is 22.2 Å². The van der Waals surface area contributed by atoms with Gasteiger partial charge < -0.3 is 10.5 Å². The first-order valence-corrected chi connectivity index (χ1v) is 6.63. The van der Waals surface area contributed by atoms with Crippen LogP contribution >= 0.6 is 27.5 Å². The molecule has 0 aliphatic carbocycles. The highest BCUT2D eigenvalue weighted by molar-refractivity contribution is 9.10. The number of hydrogen-bond donors (Lipinski definition) is 1. The molecular weight excluding hydrogens is 316 g/mol. The van der Waals surface area contributed by atoms with Crippen LogP contribution in [0.2, 0.25) is 5.02 Å². The first-order chi connectivity index (χ1) is 8.69. The van der Waals surface area contributed by atoms with Gasteiger partial charge in [-0.25, -0.2) is 0 Å². The zero-order valence-electron chi connectivity index (χ0n) is 9.57. The van der Waals surface area contributed by atoms with E-state index < -0.39 is 0 Å². The van der Waals surface area contributed by atoms with Crippen LogP contribution in [0.25, 0.3) is 0 Å². The molecule has 0 amide bonds. The number of pyridine rings is 1. The number of rotatable bonds is 4. The Labute approximate surface area is 119 Å². The van der Waals surface area contributed by atoms with Gasteiger partial charge in [0, 0.05) is 16.7 Å². The molecule has 0 aliphatic heterocycles. The van der Waals surface area contributed by atoms with Crippen LogP contribution in [-0.4, -0.2) is 11.5 Å². The van der Waals surface area contributed by atoms with Gasteiger partial charge in [0.2, 0.25) is 0 Å². The van der Waals surface area contributed by atoms with Gasteiger partial charge in [-0.1, -0.05) is 33.6 Å². The Bertz CT molecular complexity index is 548. The summed E-state index contributed by atoms with van der Waals surface area (Å²) in [6.07, 6.45) is 4.02. The van der Waals surface area contributed by atoms with Crippen molar-refractivity contribution in [3.63, 3.8) is 0 Å². The van der Waals surface area contributed by atoms with Gasteiger partial charge in [0.05, 0.1) is 11.2 Å². The molecule has 0 radical (unpaired) electrons. The second-order valence-electron chi connectivity index (χ2n) is 3.73. The standard InChI is InChI=1S/C13H12BrClN2O/c14-13-6-11(2-1-9(13)3-4-16)18-12-5-10(15)7-17-8-12/h1-2,5-8H,3-4,16H2. The van der Waals surface area contributed by atoms with Crippen molar-refractivity contribution in [1.82, 2.24) is 4.98 Å². The molecule has 0 atom stereocenters. The average molecular weight is 328 g/mol. The first kappa shape index (κ1) is 13.3. The molecule has 1 heterocycles. The molecule has 2 aromatic rings. The Kier molecular flexibility index (Phi) is 4.58. The van der Waals surface area contributed by atoms with E-state index in [4.69, 9.17) is 22.1 Å².